The van der Waals surface area contributed by atoms with E-state index in [1.807, 2.05) is 5.06 Å². The fourth-order valence-electron chi connectivity index (χ4n) is 0.940. The lowest BCUT2D eigenvalue weighted by molar-refractivity contribution is -0.166. The maximum Gasteiger partial charge on any atom is 0.0958 e. The summed E-state index contributed by atoms with van der Waals surface area (Å²) in [7, 11) is 0. The van der Waals surface area contributed by atoms with Gasteiger partial charge in [0, 0.05) is 5.54 Å². The molecule has 10 heavy (non-hydrogen) atoms. The third-order valence-corrected chi connectivity index (χ3v) is 1.55. The van der Waals surface area contributed by atoms with E-state index in [9.17, 15) is 0 Å². The molecule has 60 valence electrons. The van der Waals surface area contributed by atoms with Crippen molar-refractivity contribution in [2.24, 2.45) is 0 Å². The Morgan fingerprint density at radius 1 is 1.50 bits per heavy atom. The van der Waals surface area contributed by atoms with Crippen LogP contribution in [0.15, 0.2) is 0 Å². The van der Waals surface area contributed by atoms with E-state index in [-0.39, 0.29) is 11.6 Å². The molecule has 1 aliphatic heterocycles. The number of hydrogen-bond donors (Lipinski definition) is 1. The third-order valence-electron chi connectivity index (χ3n) is 1.55. The normalized spacial score (nSPS) is 29.4. The first-order valence-corrected chi connectivity index (χ1v) is 3.59. The van der Waals surface area contributed by atoms with Gasteiger partial charge < -0.3 is 5.11 Å². The summed E-state index contributed by atoms with van der Waals surface area (Å²) in [6, 6.07) is 0. The van der Waals surface area contributed by atoms with Crippen LogP contribution in [0.2, 0.25) is 0 Å². The third kappa shape index (κ3) is 1.68. The van der Waals surface area contributed by atoms with Crippen molar-refractivity contribution in [2.45, 2.75) is 32.4 Å². The summed E-state index contributed by atoms with van der Waals surface area (Å²) in [5, 5.41) is 10.9. The summed E-state index contributed by atoms with van der Waals surface area (Å²) in [5.74, 6) is 0. The molecule has 1 N–H and O–H groups in total. The van der Waals surface area contributed by atoms with Crippen LogP contribution < -0.4 is 0 Å². The highest BCUT2D eigenvalue weighted by Crippen LogP contribution is 2.18. The van der Waals surface area contributed by atoms with Crippen LogP contribution in [0.25, 0.3) is 0 Å². The summed E-state index contributed by atoms with van der Waals surface area (Å²) in [6.07, 6.45) is -0.306. The quantitative estimate of drug-likeness (QED) is 0.535. The van der Waals surface area contributed by atoms with Crippen LogP contribution in [0.3, 0.4) is 0 Å². The van der Waals surface area contributed by atoms with Gasteiger partial charge in [-0.1, -0.05) is 0 Å². The average molecular weight is 145 g/mol. The Morgan fingerprint density at radius 2 is 2.10 bits per heavy atom. The molecule has 1 aliphatic rings. The van der Waals surface area contributed by atoms with Crippen molar-refractivity contribution in [3.63, 3.8) is 0 Å². The first-order valence-electron chi connectivity index (χ1n) is 3.59. The number of aliphatic hydroxyl groups excluding tert-OH is 1. The van der Waals surface area contributed by atoms with Crippen LogP contribution in [0.1, 0.15) is 20.8 Å². The van der Waals surface area contributed by atoms with Gasteiger partial charge >= 0.3 is 0 Å². The highest BCUT2D eigenvalue weighted by molar-refractivity contribution is 4.76. The Labute approximate surface area is 61.5 Å². The maximum absolute atomic E-state index is 9.10. The van der Waals surface area contributed by atoms with Crippen molar-refractivity contribution >= 4 is 0 Å². The van der Waals surface area contributed by atoms with Crippen molar-refractivity contribution in [3.05, 3.63) is 0 Å². The standard InChI is InChI=1S/C7H15NO2/c1-7(2,3)8-4-6(9)5-10-8/h6,9H,4-5H2,1-3H3. The van der Waals surface area contributed by atoms with Crippen LogP contribution in [0.4, 0.5) is 0 Å². The zero-order chi connectivity index (χ0) is 7.78. The van der Waals surface area contributed by atoms with Crippen molar-refractivity contribution in [3.8, 4) is 0 Å². The van der Waals surface area contributed by atoms with E-state index in [0.29, 0.717) is 13.2 Å². The fraction of sp³-hybridized carbons (Fsp3) is 1.00. The Balaban J connectivity index is 2.45. The van der Waals surface area contributed by atoms with Gasteiger partial charge in [0.25, 0.3) is 0 Å². The Hall–Kier alpha value is -0.120. The Morgan fingerprint density at radius 3 is 2.30 bits per heavy atom. The Bertz CT molecular complexity index is 119. The second-order valence-electron chi connectivity index (χ2n) is 3.68. The van der Waals surface area contributed by atoms with E-state index in [1.165, 1.54) is 0 Å². The van der Waals surface area contributed by atoms with Crippen LogP contribution in [0.5, 0.6) is 0 Å². The van der Waals surface area contributed by atoms with Gasteiger partial charge in [0.05, 0.1) is 19.3 Å². The van der Waals surface area contributed by atoms with Gasteiger partial charge in [0.2, 0.25) is 0 Å². The molecular weight excluding hydrogens is 130 g/mol. The van der Waals surface area contributed by atoms with E-state index < -0.39 is 0 Å². The lowest BCUT2D eigenvalue weighted by Gasteiger charge is -2.29. The fourth-order valence-corrected chi connectivity index (χ4v) is 0.940. The molecule has 0 aromatic heterocycles. The van der Waals surface area contributed by atoms with Crippen LogP contribution >= 0.6 is 0 Å². The molecule has 0 bridgehead atoms. The predicted octanol–water partition coefficient (Wildman–Crippen LogP) is 0.393. The van der Waals surface area contributed by atoms with Crippen LogP contribution in [-0.2, 0) is 4.84 Å². The molecule has 0 spiro atoms. The highest BCUT2D eigenvalue weighted by atomic mass is 16.7. The number of β-amino-alcohol motifs (C(OH)–C–C–N with tert-alkyl or cyclic N) is 1. The van der Waals surface area contributed by atoms with Crippen LogP contribution in [0, 0.1) is 0 Å². The lowest BCUT2D eigenvalue weighted by Crippen LogP contribution is -2.38. The van der Waals surface area contributed by atoms with Gasteiger partial charge in [-0.3, -0.25) is 4.84 Å². The summed E-state index contributed by atoms with van der Waals surface area (Å²) < 4.78 is 0. The molecule has 1 atom stereocenters. The molecule has 0 radical (unpaired) electrons. The number of aliphatic hydroxyl groups is 1. The smallest absolute Gasteiger partial charge is 0.0958 e. The second kappa shape index (κ2) is 2.49. The zero-order valence-corrected chi connectivity index (χ0v) is 6.79. The molecule has 1 rings (SSSR count). The summed E-state index contributed by atoms with van der Waals surface area (Å²) in [5.41, 5.74) is 0.0114. The van der Waals surface area contributed by atoms with Gasteiger partial charge in [-0.15, -0.1) is 0 Å². The number of nitrogens with zero attached hydrogens (tertiary/aromatic N) is 1. The number of hydrogen-bond acceptors (Lipinski definition) is 3. The largest absolute Gasteiger partial charge is 0.389 e. The first kappa shape index (κ1) is 7.98. The highest BCUT2D eigenvalue weighted by Gasteiger charge is 2.30. The molecule has 0 aromatic rings. The number of hydroxylamine groups is 2. The molecule has 1 heterocycles. The molecule has 1 unspecified atom stereocenters. The van der Waals surface area contributed by atoms with E-state index in [2.05, 4.69) is 20.8 Å². The molecule has 0 amide bonds. The molecule has 0 aliphatic carbocycles. The minimum atomic E-state index is -0.306. The molecule has 0 saturated carbocycles. The molecular formula is C7H15NO2. The van der Waals surface area contributed by atoms with Gasteiger partial charge in [-0.05, 0) is 20.8 Å². The van der Waals surface area contributed by atoms with Gasteiger partial charge in [0.15, 0.2) is 0 Å². The minimum Gasteiger partial charge on any atom is -0.389 e. The van der Waals surface area contributed by atoms with E-state index >= 15 is 0 Å². The zero-order valence-electron chi connectivity index (χ0n) is 6.79. The van der Waals surface area contributed by atoms with Crippen molar-refractivity contribution in [1.29, 1.82) is 0 Å². The lowest BCUT2D eigenvalue weighted by atomic mass is 10.1. The monoisotopic (exact) mass is 145 g/mol. The maximum atomic E-state index is 9.10. The molecule has 0 aromatic carbocycles. The average Bonchev–Trinajstić information content (AvgIpc) is 2.11. The summed E-state index contributed by atoms with van der Waals surface area (Å²) in [6.45, 7) is 7.25. The Kier molecular flexibility index (Phi) is 1.99. The first-order chi connectivity index (χ1) is 4.50. The van der Waals surface area contributed by atoms with Crippen molar-refractivity contribution < 1.29 is 9.94 Å². The second-order valence-corrected chi connectivity index (χ2v) is 3.68. The molecule has 1 fully saturated rings. The molecule has 1 saturated heterocycles. The van der Waals surface area contributed by atoms with E-state index in [0.717, 1.165) is 0 Å². The van der Waals surface area contributed by atoms with E-state index in [1.54, 1.807) is 0 Å². The van der Waals surface area contributed by atoms with Crippen LogP contribution in [-0.4, -0.2) is 35.0 Å². The van der Waals surface area contributed by atoms with Gasteiger partial charge in [0.1, 0.15) is 0 Å². The number of rotatable bonds is 0. The summed E-state index contributed by atoms with van der Waals surface area (Å²) >= 11 is 0. The predicted molar refractivity (Wildman–Crippen MR) is 38.4 cm³/mol. The topological polar surface area (TPSA) is 32.7 Å². The SMILES string of the molecule is CC(C)(C)N1CC(O)CO1. The van der Waals surface area contributed by atoms with Crippen molar-refractivity contribution in [2.75, 3.05) is 13.2 Å². The van der Waals surface area contributed by atoms with E-state index in [4.69, 9.17) is 9.94 Å². The van der Waals surface area contributed by atoms with Gasteiger partial charge in [-0.25, -0.2) is 0 Å². The van der Waals surface area contributed by atoms with Gasteiger partial charge in [-0.2, -0.15) is 5.06 Å². The van der Waals surface area contributed by atoms with Crippen molar-refractivity contribution in [1.82, 2.24) is 5.06 Å². The minimum absolute atomic E-state index is 0.0114. The molecule has 3 heteroatoms. The molecule has 3 nitrogen and oxygen atoms in total. The summed E-state index contributed by atoms with van der Waals surface area (Å²) in [4.78, 5) is 5.21.